The second-order valence-corrected chi connectivity index (χ2v) is 7.01. The van der Waals surface area contributed by atoms with E-state index in [1.807, 2.05) is 0 Å². The van der Waals surface area contributed by atoms with Gasteiger partial charge in [-0.3, -0.25) is 4.79 Å². The summed E-state index contributed by atoms with van der Waals surface area (Å²) in [4.78, 5) is 10.5. The van der Waals surface area contributed by atoms with Crippen LogP contribution in [-0.2, 0) is 4.79 Å². The molecule has 0 aromatic heterocycles. The largest absolute Gasteiger partial charge is 0.481 e. The molecule has 0 heterocycles. The number of aliphatic carboxylic acids is 1. The summed E-state index contributed by atoms with van der Waals surface area (Å²) in [5.41, 5.74) is 0. The second-order valence-electron chi connectivity index (χ2n) is 7.01. The third-order valence-corrected chi connectivity index (χ3v) is 5.06. The van der Waals surface area contributed by atoms with Crippen molar-refractivity contribution in [2.75, 3.05) is 6.54 Å². The van der Waals surface area contributed by atoms with Gasteiger partial charge in [0.15, 0.2) is 0 Å². The fourth-order valence-electron chi connectivity index (χ4n) is 3.70. The summed E-state index contributed by atoms with van der Waals surface area (Å²) in [5.74, 6) is 0.230. The third kappa shape index (κ3) is 9.45. The van der Waals surface area contributed by atoms with Gasteiger partial charge in [-0.2, -0.15) is 0 Å². The Hall–Kier alpha value is -0.570. The number of carbonyl (C=O) groups is 1. The van der Waals surface area contributed by atoms with Gasteiger partial charge in [-0.25, -0.2) is 0 Å². The first kappa shape index (κ1) is 19.5. The molecule has 0 saturated heterocycles. The Kier molecular flexibility index (Phi) is 11.4. The monoisotopic (exact) mass is 311 g/mol. The van der Waals surface area contributed by atoms with Crippen molar-refractivity contribution in [2.45, 2.75) is 103 Å². The summed E-state index contributed by atoms with van der Waals surface area (Å²) in [5, 5.41) is 12.3. The lowest BCUT2D eigenvalue weighted by Gasteiger charge is -2.21. The molecule has 2 atom stereocenters. The molecule has 0 spiro atoms. The minimum Gasteiger partial charge on any atom is -0.481 e. The fourth-order valence-corrected chi connectivity index (χ4v) is 3.70. The van der Waals surface area contributed by atoms with Gasteiger partial charge >= 0.3 is 5.97 Å². The smallest absolute Gasteiger partial charge is 0.303 e. The van der Waals surface area contributed by atoms with Gasteiger partial charge in [0.05, 0.1) is 0 Å². The van der Waals surface area contributed by atoms with E-state index in [1.165, 1.54) is 64.2 Å². The Morgan fingerprint density at radius 1 is 1.00 bits per heavy atom. The maximum atomic E-state index is 10.5. The minimum absolute atomic E-state index is 0.323. The molecule has 3 heteroatoms. The number of carboxylic acids is 1. The van der Waals surface area contributed by atoms with Crippen LogP contribution in [0.3, 0.4) is 0 Å². The predicted octanol–water partition coefficient (Wildman–Crippen LogP) is 5.14. The van der Waals surface area contributed by atoms with E-state index >= 15 is 0 Å². The number of nitrogens with one attached hydrogen (secondary N) is 1. The molecule has 2 N–H and O–H groups in total. The van der Waals surface area contributed by atoms with Gasteiger partial charge in [-0.1, -0.05) is 58.3 Å². The molecule has 1 saturated carbocycles. The molecule has 0 radical (unpaired) electrons. The molecule has 0 aliphatic heterocycles. The van der Waals surface area contributed by atoms with Gasteiger partial charge in [-0.05, 0) is 44.6 Å². The predicted molar refractivity (Wildman–Crippen MR) is 93.2 cm³/mol. The highest BCUT2D eigenvalue weighted by Crippen LogP contribution is 2.30. The minimum atomic E-state index is -0.664. The second kappa shape index (κ2) is 12.9. The highest BCUT2D eigenvalue weighted by Gasteiger charge is 2.25. The van der Waals surface area contributed by atoms with E-state index in [9.17, 15) is 4.79 Å². The van der Waals surface area contributed by atoms with Crippen molar-refractivity contribution < 1.29 is 9.90 Å². The van der Waals surface area contributed by atoms with Crippen LogP contribution in [0.2, 0.25) is 0 Å². The molecule has 0 aromatic rings. The van der Waals surface area contributed by atoms with Crippen molar-refractivity contribution in [1.29, 1.82) is 0 Å². The topological polar surface area (TPSA) is 49.3 Å². The summed E-state index contributed by atoms with van der Waals surface area (Å²) in [6.45, 7) is 3.34. The summed E-state index contributed by atoms with van der Waals surface area (Å²) >= 11 is 0. The molecule has 0 aromatic carbocycles. The van der Waals surface area contributed by atoms with Crippen LogP contribution in [0.15, 0.2) is 0 Å². The van der Waals surface area contributed by atoms with E-state index in [1.54, 1.807) is 0 Å². The van der Waals surface area contributed by atoms with Crippen LogP contribution in [0, 0.1) is 5.92 Å². The zero-order valence-electron chi connectivity index (χ0n) is 14.6. The highest BCUT2D eigenvalue weighted by molar-refractivity contribution is 5.66. The number of hydrogen-bond acceptors (Lipinski definition) is 2. The quantitative estimate of drug-likeness (QED) is 0.437. The molecule has 0 bridgehead atoms. The molecule has 130 valence electrons. The fraction of sp³-hybridized carbons (Fsp3) is 0.947. The summed E-state index contributed by atoms with van der Waals surface area (Å²) in [7, 11) is 0. The van der Waals surface area contributed by atoms with Crippen LogP contribution in [-0.4, -0.2) is 23.7 Å². The lowest BCUT2D eigenvalue weighted by atomic mass is 9.95. The average Bonchev–Trinajstić information content (AvgIpc) is 2.93. The lowest BCUT2D eigenvalue weighted by molar-refractivity contribution is -0.137. The van der Waals surface area contributed by atoms with Gasteiger partial charge in [0.25, 0.3) is 0 Å². The van der Waals surface area contributed by atoms with Gasteiger partial charge in [0.1, 0.15) is 0 Å². The maximum absolute atomic E-state index is 10.5. The molecule has 0 unspecified atom stereocenters. The molecule has 3 nitrogen and oxygen atoms in total. The van der Waals surface area contributed by atoms with E-state index in [0.717, 1.165) is 37.8 Å². The van der Waals surface area contributed by atoms with Crippen molar-refractivity contribution in [3.8, 4) is 0 Å². The number of hydrogen-bond donors (Lipinski definition) is 2. The number of unbranched alkanes of at least 4 members (excludes halogenated alkanes) is 7. The van der Waals surface area contributed by atoms with E-state index in [2.05, 4.69) is 12.2 Å². The van der Waals surface area contributed by atoms with Crippen molar-refractivity contribution in [1.82, 2.24) is 5.32 Å². The zero-order chi connectivity index (χ0) is 16.0. The molecular weight excluding hydrogens is 274 g/mol. The normalized spacial score (nSPS) is 21.3. The Bertz CT molecular complexity index is 281. The highest BCUT2D eigenvalue weighted by atomic mass is 16.4. The first-order valence-corrected chi connectivity index (χ1v) is 9.69. The van der Waals surface area contributed by atoms with Crippen molar-refractivity contribution in [2.24, 2.45) is 5.92 Å². The van der Waals surface area contributed by atoms with E-state index in [-0.39, 0.29) is 0 Å². The number of carboxylic acid groups (broad SMARTS) is 1. The lowest BCUT2D eigenvalue weighted by Crippen LogP contribution is -2.33. The first-order valence-electron chi connectivity index (χ1n) is 9.69. The van der Waals surface area contributed by atoms with Crippen molar-refractivity contribution in [3.05, 3.63) is 0 Å². The Morgan fingerprint density at radius 3 is 2.50 bits per heavy atom. The van der Waals surface area contributed by atoms with Gasteiger partial charge in [0, 0.05) is 12.5 Å². The van der Waals surface area contributed by atoms with Crippen LogP contribution in [0.5, 0.6) is 0 Å². The third-order valence-electron chi connectivity index (χ3n) is 5.06. The Morgan fingerprint density at radius 2 is 1.73 bits per heavy atom. The van der Waals surface area contributed by atoms with Gasteiger partial charge < -0.3 is 10.4 Å². The standard InChI is InChI=1S/C19H37NO2/c1-2-3-4-5-6-8-12-17-13-11-14-18(17)20-16-10-7-9-15-19(21)22/h17-18,20H,2-16H2,1H3,(H,21,22)/t17-,18-/m0/s1. The van der Waals surface area contributed by atoms with E-state index in [4.69, 9.17) is 5.11 Å². The van der Waals surface area contributed by atoms with Crippen molar-refractivity contribution in [3.63, 3.8) is 0 Å². The van der Waals surface area contributed by atoms with Crippen LogP contribution in [0.1, 0.15) is 96.8 Å². The summed E-state index contributed by atoms with van der Waals surface area (Å²) < 4.78 is 0. The molecule has 1 aliphatic carbocycles. The maximum Gasteiger partial charge on any atom is 0.303 e. The van der Waals surface area contributed by atoms with Gasteiger partial charge in [0.2, 0.25) is 0 Å². The van der Waals surface area contributed by atoms with E-state index in [0.29, 0.717) is 6.42 Å². The molecular formula is C19H37NO2. The van der Waals surface area contributed by atoms with Crippen LogP contribution >= 0.6 is 0 Å². The first-order chi connectivity index (χ1) is 10.7. The van der Waals surface area contributed by atoms with Crippen LogP contribution in [0.25, 0.3) is 0 Å². The molecule has 22 heavy (non-hydrogen) atoms. The Labute approximate surface area is 137 Å². The van der Waals surface area contributed by atoms with Gasteiger partial charge in [-0.15, -0.1) is 0 Å². The average molecular weight is 312 g/mol. The summed E-state index contributed by atoms with van der Waals surface area (Å²) in [6.07, 6.45) is 17.2. The van der Waals surface area contributed by atoms with Crippen LogP contribution in [0.4, 0.5) is 0 Å². The number of rotatable bonds is 14. The molecule has 0 amide bonds. The van der Waals surface area contributed by atoms with E-state index < -0.39 is 5.97 Å². The molecule has 1 aliphatic rings. The van der Waals surface area contributed by atoms with Crippen LogP contribution < -0.4 is 5.32 Å². The summed E-state index contributed by atoms with van der Waals surface area (Å²) in [6, 6.07) is 0.732. The zero-order valence-corrected chi connectivity index (χ0v) is 14.6. The molecule has 1 fully saturated rings. The Balaban J connectivity index is 1.99. The molecule has 1 rings (SSSR count). The van der Waals surface area contributed by atoms with Crippen molar-refractivity contribution >= 4 is 5.97 Å². The SMILES string of the molecule is CCCCCCCC[C@H]1CCC[C@@H]1NCCCCCC(=O)O.